The Kier molecular flexibility index (Phi) is 6.76. The number of esters is 1. The minimum absolute atomic E-state index is 0.0168. The Morgan fingerprint density at radius 1 is 1.27 bits per heavy atom. The first kappa shape index (κ1) is 20.4. The Hall–Kier alpha value is -1.94. The van der Waals surface area contributed by atoms with Crippen molar-refractivity contribution in [3.63, 3.8) is 0 Å². The molecule has 0 aliphatic heterocycles. The number of carbonyl (C=O) groups is 2. The van der Waals surface area contributed by atoms with Crippen molar-refractivity contribution in [2.45, 2.75) is 11.3 Å². The first-order valence-electron chi connectivity index (χ1n) is 7.40. The number of thiophene rings is 1. The van der Waals surface area contributed by atoms with E-state index >= 15 is 0 Å². The van der Waals surface area contributed by atoms with Crippen LogP contribution in [0.4, 0.5) is 5.69 Å². The van der Waals surface area contributed by atoms with Crippen molar-refractivity contribution in [1.82, 2.24) is 4.31 Å². The molecular weight excluding hydrogens is 400 g/mol. The number of amides is 1. The van der Waals surface area contributed by atoms with Crippen molar-refractivity contribution in [3.8, 4) is 0 Å². The van der Waals surface area contributed by atoms with Crippen LogP contribution in [-0.4, -0.2) is 45.3 Å². The summed E-state index contributed by atoms with van der Waals surface area (Å²) in [6.45, 7) is -0.495. The fourth-order valence-corrected chi connectivity index (χ4v) is 3.69. The van der Waals surface area contributed by atoms with Gasteiger partial charge in [-0.15, -0.1) is 11.3 Å². The van der Waals surface area contributed by atoms with Crippen LogP contribution in [0.2, 0.25) is 5.02 Å². The zero-order valence-corrected chi connectivity index (χ0v) is 16.5. The lowest BCUT2D eigenvalue weighted by Crippen LogP contribution is -2.23. The predicted octanol–water partition coefficient (Wildman–Crippen LogP) is 2.38. The highest BCUT2D eigenvalue weighted by Crippen LogP contribution is 2.26. The van der Waals surface area contributed by atoms with Crippen molar-refractivity contribution in [3.05, 3.63) is 45.6 Å². The van der Waals surface area contributed by atoms with Crippen molar-refractivity contribution in [1.29, 1.82) is 0 Å². The van der Waals surface area contributed by atoms with Crippen LogP contribution in [0.3, 0.4) is 0 Å². The molecule has 0 bridgehead atoms. The van der Waals surface area contributed by atoms with Gasteiger partial charge in [-0.3, -0.25) is 9.59 Å². The lowest BCUT2D eigenvalue weighted by molar-refractivity contribution is -0.146. The van der Waals surface area contributed by atoms with E-state index in [0.29, 0.717) is 0 Å². The van der Waals surface area contributed by atoms with E-state index in [1.54, 1.807) is 6.07 Å². The number of halogens is 1. The van der Waals surface area contributed by atoms with Gasteiger partial charge in [-0.2, -0.15) is 0 Å². The maximum Gasteiger partial charge on any atom is 0.311 e. The topological polar surface area (TPSA) is 92.8 Å². The normalized spacial score (nSPS) is 11.4. The SMILES string of the molecule is CN(C)S(=O)(=O)c1ccc(Cl)c(NC(=O)COC(=O)Cc2cccs2)c1. The van der Waals surface area contributed by atoms with Crippen LogP contribution in [0.5, 0.6) is 0 Å². The standard InChI is InChI=1S/C16H17ClN2O5S2/c1-19(2)26(22,23)12-5-6-13(17)14(9-12)18-15(20)10-24-16(21)8-11-4-3-7-25-11/h3-7,9H,8,10H2,1-2H3,(H,18,20). The van der Waals surface area contributed by atoms with Gasteiger partial charge in [-0.25, -0.2) is 12.7 Å². The first-order chi connectivity index (χ1) is 12.2. The molecule has 7 nitrogen and oxygen atoms in total. The first-order valence-corrected chi connectivity index (χ1v) is 10.1. The highest BCUT2D eigenvalue weighted by Gasteiger charge is 2.19. The lowest BCUT2D eigenvalue weighted by Gasteiger charge is -2.14. The van der Waals surface area contributed by atoms with E-state index < -0.39 is 28.5 Å². The summed E-state index contributed by atoms with van der Waals surface area (Å²) in [6, 6.07) is 7.58. The number of hydrogen-bond donors (Lipinski definition) is 1. The molecule has 2 aromatic rings. The average Bonchev–Trinajstić information content (AvgIpc) is 3.07. The largest absolute Gasteiger partial charge is 0.455 e. The van der Waals surface area contributed by atoms with E-state index in [1.165, 1.54) is 43.6 Å². The Balaban J connectivity index is 1.99. The smallest absolute Gasteiger partial charge is 0.311 e. The lowest BCUT2D eigenvalue weighted by atomic mass is 10.3. The maximum absolute atomic E-state index is 12.1. The molecule has 1 amide bonds. The van der Waals surface area contributed by atoms with Crippen LogP contribution in [-0.2, 0) is 30.8 Å². The summed E-state index contributed by atoms with van der Waals surface area (Å²) in [6.07, 6.45) is 0.0856. The molecule has 0 unspecified atom stereocenters. The van der Waals surface area contributed by atoms with Gasteiger partial charge in [0.2, 0.25) is 10.0 Å². The van der Waals surface area contributed by atoms with Crippen LogP contribution in [0.25, 0.3) is 0 Å². The molecule has 0 fully saturated rings. The molecule has 1 N–H and O–H groups in total. The Morgan fingerprint density at radius 2 is 2.00 bits per heavy atom. The zero-order valence-electron chi connectivity index (χ0n) is 14.1. The van der Waals surface area contributed by atoms with Crippen molar-refractivity contribution in [2.75, 3.05) is 26.0 Å². The summed E-state index contributed by atoms with van der Waals surface area (Å²) >= 11 is 7.41. The van der Waals surface area contributed by atoms with Crippen molar-refractivity contribution in [2.24, 2.45) is 0 Å². The van der Waals surface area contributed by atoms with Crippen LogP contribution in [0.1, 0.15) is 4.88 Å². The molecule has 0 atom stereocenters. The highest BCUT2D eigenvalue weighted by molar-refractivity contribution is 7.89. The minimum Gasteiger partial charge on any atom is -0.455 e. The summed E-state index contributed by atoms with van der Waals surface area (Å²) < 4.78 is 30.3. The Morgan fingerprint density at radius 3 is 2.62 bits per heavy atom. The second-order valence-electron chi connectivity index (χ2n) is 5.39. The third kappa shape index (κ3) is 5.28. The van der Waals surface area contributed by atoms with Gasteiger partial charge in [0.1, 0.15) is 0 Å². The second kappa shape index (κ2) is 8.63. The van der Waals surface area contributed by atoms with Gasteiger partial charge in [0, 0.05) is 19.0 Å². The van der Waals surface area contributed by atoms with E-state index in [-0.39, 0.29) is 22.0 Å². The molecule has 0 aliphatic carbocycles. The average molecular weight is 417 g/mol. The van der Waals surface area contributed by atoms with Crippen LogP contribution in [0.15, 0.2) is 40.6 Å². The van der Waals surface area contributed by atoms with Gasteiger partial charge in [0.15, 0.2) is 6.61 Å². The molecule has 0 aliphatic rings. The Bertz CT molecular complexity index is 895. The minimum atomic E-state index is -3.67. The predicted molar refractivity (Wildman–Crippen MR) is 99.9 cm³/mol. The molecule has 2 rings (SSSR count). The molecule has 10 heteroatoms. The molecule has 140 valence electrons. The Labute approximate surface area is 160 Å². The number of nitrogens with one attached hydrogen (secondary N) is 1. The van der Waals surface area contributed by atoms with E-state index in [9.17, 15) is 18.0 Å². The summed E-state index contributed by atoms with van der Waals surface area (Å²) in [7, 11) is -0.871. The number of rotatable bonds is 7. The fourth-order valence-electron chi connectivity index (χ4n) is 1.91. The molecule has 0 saturated heterocycles. The molecule has 0 radical (unpaired) electrons. The summed E-state index contributed by atoms with van der Waals surface area (Å²) in [5.74, 6) is -1.15. The van der Waals surface area contributed by atoms with Crippen molar-refractivity contribution < 1.29 is 22.7 Å². The van der Waals surface area contributed by atoms with E-state index in [0.717, 1.165) is 9.18 Å². The number of ether oxygens (including phenoxy) is 1. The molecule has 1 heterocycles. The summed E-state index contributed by atoms with van der Waals surface area (Å²) in [5.41, 5.74) is 0.119. The van der Waals surface area contributed by atoms with Crippen LogP contribution < -0.4 is 5.32 Å². The van der Waals surface area contributed by atoms with Crippen molar-refractivity contribution >= 4 is 50.5 Å². The van der Waals surface area contributed by atoms with Gasteiger partial charge < -0.3 is 10.1 Å². The maximum atomic E-state index is 12.1. The van der Waals surface area contributed by atoms with E-state index in [1.807, 2.05) is 11.4 Å². The molecule has 26 heavy (non-hydrogen) atoms. The zero-order chi connectivity index (χ0) is 19.3. The molecule has 1 aromatic heterocycles. The molecule has 0 saturated carbocycles. The second-order valence-corrected chi connectivity index (χ2v) is 8.99. The van der Waals surface area contributed by atoms with E-state index in [4.69, 9.17) is 16.3 Å². The number of anilines is 1. The number of carbonyl (C=O) groups excluding carboxylic acids is 2. The molecule has 0 spiro atoms. The molecule has 1 aromatic carbocycles. The number of hydrogen-bond acceptors (Lipinski definition) is 6. The number of sulfonamides is 1. The highest BCUT2D eigenvalue weighted by atomic mass is 35.5. The van der Waals surface area contributed by atoms with Gasteiger partial charge in [0.05, 0.1) is 22.0 Å². The number of nitrogens with zero attached hydrogens (tertiary/aromatic N) is 1. The van der Waals surface area contributed by atoms with Crippen LogP contribution >= 0.6 is 22.9 Å². The third-order valence-electron chi connectivity index (χ3n) is 3.25. The van der Waals surface area contributed by atoms with E-state index in [2.05, 4.69) is 5.32 Å². The fraction of sp³-hybridized carbons (Fsp3) is 0.250. The molecular formula is C16H17ClN2O5S2. The van der Waals surface area contributed by atoms with Crippen LogP contribution in [0, 0.1) is 0 Å². The summed E-state index contributed by atoms with van der Waals surface area (Å²) in [5, 5.41) is 4.45. The quantitative estimate of drug-likeness (QED) is 0.699. The van der Waals surface area contributed by atoms with Gasteiger partial charge in [-0.05, 0) is 29.6 Å². The number of benzene rings is 1. The van der Waals surface area contributed by atoms with Gasteiger partial charge >= 0.3 is 5.97 Å². The monoisotopic (exact) mass is 416 g/mol. The van der Waals surface area contributed by atoms with Gasteiger partial charge in [-0.1, -0.05) is 17.7 Å². The van der Waals surface area contributed by atoms with Gasteiger partial charge in [0.25, 0.3) is 5.91 Å². The third-order valence-corrected chi connectivity index (χ3v) is 6.27. The summed E-state index contributed by atoms with van der Waals surface area (Å²) in [4.78, 5) is 24.5.